The monoisotopic (exact) mass is 206 g/mol. The maximum atomic E-state index is 11.3. The minimum absolute atomic E-state index is 0.0199. The highest BCUT2D eigenvalue weighted by Crippen LogP contribution is 2.13. The van der Waals surface area contributed by atoms with Gasteiger partial charge in [-0.1, -0.05) is 29.8 Å². The minimum Gasteiger partial charge on any atom is -0.348 e. The fourth-order valence-corrected chi connectivity index (χ4v) is 1.48. The number of benzene rings is 1. The Morgan fingerprint density at radius 1 is 1.47 bits per heavy atom. The maximum Gasteiger partial charge on any atom is 0.234 e. The molecule has 1 rings (SSSR count). The molecule has 0 saturated carbocycles. The summed E-state index contributed by atoms with van der Waals surface area (Å²) in [6, 6.07) is 8.23. The summed E-state index contributed by atoms with van der Waals surface area (Å²) in [5, 5.41) is 5.75. The second kappa shape index (κ2) is 5.51. The summed E-state index contributed by atoms with van der Waals surface area (Å²) >= 11 is 0. The van der Waals surface area contributed by atoms with Gasteiger partial charge in [0, 0.05) is 0 Å². The van der Waals surface area contributed by atoms with Crippen molar-refractivity contribution in [1.29, 1.82) is 0 Å². The van der Waals surface area contributed by atoms with Gasteiger partial charge < -0.3 is 10.6 Å². The van der Waals surface area contributed by atoms with Crippen molar-refractivity contribution in [3.8, 4) is 0 Å². The van der Waals surface area contributed by atoms with Gasteiger partial charge in [-0.15, -0.1) is 0 Å². The highest BCUT2D eigenvalue weighted by atomic mass is 16.1. The number of amides is 1. The number of hydrogen-bond acceptors (Lipinski definition) is 2. The lowest BCUT2D eigenvalue weighted by Crippen LogP contribution is -2.33. The van der Waals surface area contributed by atoms with Crippen molar-refractivity contribution >= 4 is 5.91 Å². The SMILES string of the molecule is CNCC(=O)N[C@@H](C)c1cccc(C)c1. The molecule has 2 N–H and O–H groups in total. The van der Waals surface area contributed by atoms with E-state index in [4.69, 9.17) is 0 Å². The quantitative estimate of drug-likeness (QED) is 0.781. The van der Waals surface area contributed by atoms with Crippen LogP contribution in [0.5, 0.6) is 0 Å². The van der Waals surface area contributed by atoms with Gasteiger partial charge in [-0.25, -0.2) is 0 Å². The van der Waals surface area contributed by atoms with Crippen molar-refractivity contribution in [3.63, 3.8) is 0 Å². The van der Waals surface area contributed by atoms with E-state index in [1.165, 1.54) is 5.56 Å². The predicted molar refractivity (Wildman–Crippen MR) is 61.7 cm³/mol. The minimum atomic E-state index is 0.0199. The zero-order valence-corrected chi connectivity index (χ0v) is 9.50. The van der Waals surface area contributed by atoms with Crippen LogP contribution in [0.4, 0.5) is 0 Å². The molecule has 3 nitrogen and oxygen atoms in total. The van der Waals surface area contributed by atoms with Crippen molar-refractivity contribution in [1.82, 2.24) is 10.6 Å². The molecule has 15 heavy (non-hydrogen) atoms. The molecule has 0 aliphatic heterocycles. The molecule has 1 amide bonds. The average molecular weight is 206 g/mol. The van der Waals surface area contributed by atoms with Crippen molar-refractivity contribution in [2.45, 2.75) is 19.9 Å². The number of hydrogen-bond donors (Lipinski definition) is 2. The van der Waals surface area contributed by atoms with E-state index in [2.05, 4.69) is 16.7 Å². The molecule has 0 heterocycles. The summed E-state index contributed by atoms with van der Waals surface area (Å²) < 4.78 is 0. The fourth-order valence-electron chi connectivity index (χ4n) is 1.48. The third-order valence-corrected chi connectivity index (χ3v) is 2.26. The van der Waals surface area contributed by atoms with Crippen LogP contribution in [-0.2, 0) is 4.79 Å². The summed E-state index contributed by atoms with van der Waals surface area (Å²) in [6.45, 7) is 4.39. The second-order valence-electron chi connectivity index (χ2n) is 3.73. The molecular formula is C12H18N2O. The Balaban J connectivity index is 2.60. The molecule has 0 aliphatic rings. The van der Waals surface area contributed by atoms with E-state index >= 15 is 0 Å². The lowest BCUT2D eigenvalue weighted by molar-refractivity contribution is -0.120. The van der Waals surface area contributed by atoms with Crippen LogP contribution in [-0.4, -0.2) is 19.5 Å². The number of carbonyl (C=O) groups excluding carboxylic acids is 1. The highest BCUT2D eigenvalue weighted by molar-refractivity contribution is 5.78. The van der Waals surface area contributed by atoms with Gasteiger partial charge in [0.05, 0.1) is 12.6 Å². The second-order valence-corrected chi connectivity index (χ2v) is 3.73. The molecule has 1 aromatic carbocycles. The van der Waals surface area contributed by atoms with Crippen LogP contribution < -0.4 is 10.6 Å². The summed E-state index contributed by atoms with van der Waals surface area (Å²) in [5.74, 6) is 0.0199. The van der Waals surface area contributed by atoms with E-state index in [1.54, 1.807) is 7.05 Å². The average Bonchev–Trinajstić information content (AvgIpc) is 2.18. The Morgan fingerprint density at radius 2 is 2.20 bits per heavy atom. The number of likely N-dealkylation sites (N-methyl/N-ethyl adjacent to an activating group) is 1. The summed E-state index contributed by atoms with van der Waals surface area (Å²) in [4.78, 5) is 11.3. The third kappa shape index (κ3) is 3.72. The third-order valence-electron chi connectivity index (χ3n) is 2.26. The van der Waals surface area contributed by atoms with Crippen LogP contribution in [0.1, 0.15) is 24.1 Å². The van der Waals surface area contributed by atoms with E-state index in [0.717, 1.165) is 5.56 Å². The molecule has 1 aromatic rings. The summed E-state index contributed by atoms with van der Waals surface area (Å²) in [5.41, 5.74) is 2.35. The van der Waals surface area contributed by atoms with Crippen LogP contribution in [0.25, 0.3) is 0 Å². The first-order valence-corrected chi connectivity index (χ1v) is 5.14. The van der Waals surface area contributed by atoms with Crippen LogP contribution >= 0.6 is 0 Å². The number of nitrogens with one attached hydrogen (secondary N) is 2. The lowest BCUT2D eigenvalue weighted by Gasteiger charge is -2.14. The van der Waals surface area contributed by atoms with E-state index in [0.29, 0.717) is 6.54 Å². The van der Waals surface area contributed by atoms with Gasteiger partial charge in [0.2, 0.25) is 5.91 Å². The Labute approximate surface area is 90.9 Å². The van der Waals surface area contributed by atoms with Crippen LogP contribution in [0, 0.1) is 6.92 Å². The Hall–Kier alpha value is -1.35. The predicted octanol–water partition coefficient (Wildman–Crippen LogP) is 1.39. The summed E-state index contributed by atoms with van der Waals surface area (Å²) in [7, 11) is 1.76. The summed E-state index contributed by atoms with van der Waals surface area (Å²) in [6.07, 6.45) is 0. The molecule has 0 fully saturated rings. The largest absolute Gasteiger partial charge is 0.348 e. The highest BCUT2D eigenvalue weighted by Gasteiger charge is 2.08. The van der Waals surface area contributed by atoms with Gasteiger partial charge in [-0.3, -0.25) is 4.79 Å². The van der Waals surface area contributed by atoms with Crippen molar-refractivity contribution < 1.29 is 4.79 Å². The van der Waals surface area contributed by atoms with E-state index in [9.17, 15) is 4.79 Å². The Morgan fingerprint density at radius 3 is 2.80 bits per heavy atom. The first kappa shape index (κ1) is 11.7. The lowest BCUT2D eigenvalue weighted by atomic mass is 10.1. The van der Waals surface area contributed by atoms with Crippen molar-refractivity contribution in [3.05, 3.63) is 35.4 Å². The Kier molecular flexibility index (Phi) is 4.31. The molecule has 82 valence electrons. The molecule has 0 aliphatic carbocycles. The van der Waals surface area contributed by atoms with Crippen molar-refractivity contribution in [2.24, 2.45) is 0 Å². The molecule has 0 radical (unpaired) electrons. The van der Waals surface area contributed by atoms with Crippen LogP contribution in [0.15, 0.2) is 24.3 Å². The molecule has 0 unspecified atom stereocenters. The fraction of sp³-hybridized carbons (Fsp3) is 0.417. The van der Waals surface area contributed by atoms with Crippen molar-refractivity contribution in [2.75, 3.05) is 13.6 Å². The number of aryl methyl sites for hydroxylation is 1. The number of rotatable bonds is 4. The Bertz CT molecular complexity index is 336. The first-order valence-electron chi connectivity index (χ1n) is 5.14. The van der Waals surface area contributed by atoms with E-state index < -0.39 is 0 Å². The zero-order valence-electron chi connectivity index (χ0n) is 9.50. The zero-order chi connectivity index (χ0) is 11.3. The van der Waals surface area contributed by atoms with Gasteiger partial charge in [0.1, 0.15) is 0 Å². The number of carbonyl (C=O) groups is 1. The van der Waals surface area contributed by atoms with Crippen LogP contribution in [0.2, 0.25) is 0 Å². The smallest absolute Gasteiger partial charge is 0.234 e. The molecular weight excluding hydrogens is 188 g/mol. The standard InChI is InChI=1S/C12H18N2O/c1-9-5-4-6-11(7-9)10(2)14-12(15)8-13-3/h4-7,10,13H,8H2,1-3H3,(H,14,15)/t10-/m0/s1. The molecule has 0 aromatic heterocycles. The molecule has 0 spiro atoms. The first-order chi connectivity index (χ1) is 7.13. The van der Waals surface area contributed by atoms with Gasteiger partial charge in [0.15, 0.2) is 0 Å². The van der Waals surface area contributed by atoms with Gasteiger partial charge >= 0.3 is 0 Å². The van der Waals surface area contributed by atoms with Crippen LogP contribution in [0.3, 0.4) is 0 Å². The van der Waals surface area contributed by atoms with Gasteiger partial charge in [-0.05, 0) is 26.5 Å². The van der Waals surface area contributed by atoms with Gasteiger partial charge in [-0.2, -0.15) is 0 Å². The maximum absolute atomic E-state index is 11.3. The molecule has 3 heteroatoms. The molecule has 0 saturated heterocycles. The van der Waals surface area contributed by atoms with Gasteiger partial charge in [0.25, 0.3) is 0 Å². The molecule has 1 atom stereocenters. The topological polar surface area (TPSA) is 41.1 Å². The normalized spacial score (nSPS) is 12.2. The van der Waals surface area contributed by atoms with E-state index in [1.807, 2.05) is 32.0 Å². The van der Waals surface area contributed by atoms with E-state index in [-0.39, 0.29) is 11.9 Å². The molecule has 0 bridgehead atoms.